The molecule has 0 radical (unpaired) electrons. The number of carbonyl (C=O) groups excluding carboxylic acids is 2. The Balaban J connectivity index is 1.73. The molecular weight excluding hydrogens is 436 g/mol. The number of fused-ring (bicyclic) bond motifs is 1. The number of halogens is 1. The second kappa shape index (κ2) is 11.0. The Hall–Kier alpha value is -2.09. The van der Waals surface area contributed by atoms with Crippen LogP contribution < -0.4 is 4.74 Å². The average Bonchev–Trinajstić information content (AvgIpc) is 3.22. The van der Waals surface area contributed by atoms with Crippen molar-refractivity contribution in [2.45, 2.75) is 32.7 Å². The Morgan fingerprint density at radius 3 is 2.84 bits per heavy atom. The van der Waals surface area contributed by atoms with E-state index in [4.69, 9.17) is 21.1 Å². The molecule has 0 saturated heterocycles. The highest BCUT2D eigenvalue weighted by Crippen LogP contribution is 2.34. The largest absolute Gasteiger partial charge is 0.491 e. The minimum Gasteiger partial charge on any atom is -0.491 e. The van der Waals surface area contributed by atoms with Crippen LogP contribution in [0.1, 0.15) is 35.4 Å². The summed E-state index contributed by atoms with van der Waals surface area (Å²) in [4.78, 5) is 30.0. The van der Waals surface area contributed by atoms with Gasteiger partial charge in [-0.15, -0.1) is 11.3 Å². The first-order chi connectivity index (χ1) is 14.9. The summed E-state index contributed by atoms with van der Waals surface area (Å²) in [6.45, 7) is 5.51. The Labute approximate surface area is 192 Å². The van der Waals surface area contributed by atoms with Gasteiger partial charge in [0.1, 0.15) is 12.4 Å². The quantitative estimate of drug-likeness (QED) is 0.524. The molecule has 2 aromatic rings. The molecule has 0 fully saturated rings. The highest BCUT2D eigenvalue weighted by molar-refractivity contribution is 7.10. The molecule has 0 N–H and O–H groups in total. The first-order valence-corrected chi connectivity index (χ1v) is 11.7. The van der Waals surface area contributed by atoms with E-state index in [1.807, 2.05) is 30.0 Å². The van der Waals surface area contributed by atoms with E-state index in [2.05, 4.69) is 11.4 Å². The Morgan fingerprint density at radius 1 is 1.32 bits per heavy atom. The van der Waals surface area contributed by atoms with Crippen molar-refractivity contribution < 1.29 is 19.1 Å². The average molecular weight is 465 g/mol. The summed E-state index contributed by atoms with van der Waals surface area (Å²) in [5.74, 6) is 0.550. The molecule has 1 atom stereocenters. The zero-order valence-corrected chi connectivity index (χ0v) is 19.8. The molecule has 2 heterocycles. The monoisotopic (exact) mass is 464 g/mol. The predicted molar refractivity (Wildman–Crippen MR) is 123 cm³/mol. The number of hydrogen-bond donors (Lipinski definition) is 0. The third kappa shape index (κ3) is 5.99. The number of benzene rings is 1. The maximum Gasteiger partial charge on any atom is 0.242 e. The first-order valence-electron chi connectivity index (χ1n) is 10.4. The maximum atomic E-state index is 13.2. The van der Waals surface area contributed by atoms with E-state index < -0.39 is 0 Å². The van der Waals surface area contributed by atoms with Gasteiger partial charge < -0.3 is 19.3 Å². The fourth-order valence-corrected chi connectivity index (χ4v) is 4.80. The number of nitrogens with zero attached hydrogens (tertiary/aromatic N) is 2. The van der Waals surface area contributed by atoms with Crippen LogP contribution in [0.3, 0.4) is 0 Å². The van der Waals surface area contributed by atoms with Gasteiger partial charge in [0.05, 0.1) is 12.6 Å². The molecule has 1 aliphatic rings. The van der Waals surface area contributed by atoms with Crippen molar-refractivity contribution in [3.05, 3.63) is 50.7 Å². The zero-order chi connectivity index (χ0) is 22.4. The van der Waals surface area contributed by atoms with Crippen molar-refractivity contribution in [2.24, 2.45) is 0 Å². The van der Waals surface area contributed by atoms with Gasteiger partial charge in [-0.2, -0.15) is 0 Å². The molecule has 1 aliphatic heterocycles. The lowest BCUT2D eigenvalue weighted by Crippen LogP contribution is -2.47. The van der Waals surface area contributed by atoms with Crippen LogP contribution in [0.4, 0.5) is 0 Å². The number of aryl methyl sites for hydroxylation is 1. The minimum atomic E-state index is -0.189. The number of methoxy groups -OCH3 is 1. The summed E-state index contributed by atoms with van der Waals surface area (Å²) in [5, 5.41) is 2.75. The second-order valence-electron chi connectivity index (χ2n) is 7.66. The van der Waals surface area contributed by atoms with E-state index in [9.17, 15) is 9.59 Å². The normalized spacial score (nSPS) is 15.5. The lowest BCUT2D eigenvalue weighted by molar-refractivity contribution is -0.142. The van der Waals surface area contributed by atoms with Crippen LogP contribution in [0.5, 0.6) is 5.75 Å². The molecule has 168 valence electrons. The molecule has 0 aliphatic carbocycles. The molecule has 0 spiro atoms. The Morgan fingerprint density at radius 2 is 2.13 bits per heavy atom. The molecular formula is C23H29ClN2O4S. The van der Waals surface area contributed by atoms with E-state index >= 15 is 0 Å². The Kier molecular flexibility index (Phi) is 8.35. The van der Waals surface area contributed by atoms with Crippen molar-refractivity contribution in [1.29, 1.82) is 0 Å². The summed E-state index contributed by atoms with van der Waals surface area (Å²) < 4.78 is 11.1. The van der Waals surface area contributed by atoms with Gasteiger partial charge in [0.15, 0.2) is 0 Å². The van der Waals surface area contributed by atoms with E-state index in [0.29, 0.717) is 37.7 Å². The highest BCUT2D eigenvalue weighted by atomic mass is 35.5. The number of carbonyl (C=O) groups is 2. The Bertz CT molecular complexity index is 917. The van der Waals surface area contributed by atoms with Crippen LogP contribution >= 0.6 is 22.9 Å². The van der Waals surface area contributed by atoms with Crippen LogP contribution in [-0.2, 0) is 20.7 Å². The van der Waals surface area contributed by atoms with Crippen molar-refractivity contribution >= 4 is 34.8 Å². The molecule has 1 aromatic carbocycles. The SMILES string of the molecule is COCCCN(CC(=O)N1CCc2sccc2[C@@H]1COc1ccc(Cl)c(C)c1)C(C)=O. The van der Waals surface area contributed by atoms with E-state index in [1.165, 1.54) is 11.8 Å². The third-order valence-electron chi connectivity index (χ3n) is 5.50. The van der Waals surface area contributed by atoms with Crippen molar-refractivity contribution in [2.75, 3.05) is 40.0 Å². The van der Waals surface area contributed by atoms with Gasteiger partial charge in [-0.25, -0.2) is 0 Å². The predicted octanol–water partition coefficient (Wildman–Crippen LogP) is 4.10. The van der Waals surface area contributed by atoms with Gasteiger partial charge in [-0.3, -0.25) is 9.59 Å². The molecule has 3 rings (SSSR count). The van der Waals surface area contributed by atoms with Gasteiger partial charge >= 0.3 is 0 Å². The zero-order valence-electron chi connectivity index (χ0n) is 18.2. The van der Waals surface area contributed by atoms with Gasteiger partial charge in [0.2, 0.25) is 11.8 Å². The number of amides is 2. The van der Waals surface area contributed by atoms with Crippen LogP contribution in [0, 0.1) is 6.92 Å². The van der Waals surface area contributed by atoms with E-state index in [-0.39, 0.29) is 24.4 Å². The second-order valence-corrected chi connectivity index (χ2v) is 9.07. The van der Waals surface area contributed by atoms with Crippen molar-refractivity contribution in [3.63, 3.8) is 0 Å². The summed E-state index contributed by atoms with van der Waals surface area (Å²) in [6.07, 6.45) is 1.51. The third-order valence-corrected chi connectivity index (χ3v) is 6.92. The van der Waals surface area contributed by atoms with Gasteiger partial charge in [0, 0.05) is 43.6 Å². The van der Waals surface area contributed by atoms with Crippen LogP contribution in [0.25, 0.3) is 0 Å². The van der Waals surface area contributed by atoms with Crippen LogP contribution in [0.2, 0.25) is 5.02 Å². The van der Waals surface area contributed by atoms with Crippen molar-refractivity contribution in [1.82, 2.24) is 9.80 Å². The molecule has 0 unspecified atom stereocenters. The lowest BCUT2D eigenvalue weighted by atomic mass is 10.0. The minimum absolute atomic E-state index is 0.0645. The van der Waals surface area contributed by atoms with Gasteiger partial charge in [0.25, 0.3) is 0 Å². The fourth-order valence-electron chi connectivity index (χ4n) is 3.76. The lowest BCUT2D eigenvalue weighted by Gasteiger charge is -2.37. The number of rotatable bonds is 9. The van der Waals surface area contributed by atoms with Gasteiger partial charge in [-0.05, 0) is 60.5 Å². The van der Waals surface area contributed by atoms with E-state index in [0.717, 1.165) is 23.3 Å². The number of thiophene rings is 1. The standard InChI is InChI=1S/C23H29ClN2O4S/c1-16-13-18(5-6-20(16)24)30-15-21-19-8-12-31-22(19)7-10-26(21)23(28)14-25(17(2)27)9-4-11-29-3/h5-6,8,12-13,21H,4,7,9-11,14-15H2,1-3H3/t21-/m0/s1. The summed E-state index contributed by atoms with van der Waals surface area (Å²) in [5.41, 5.74) is 2.07. The maximum absolute atomic E-state index is 13.2. The highest BCUT2D eigenvalue weighted by Gasteiger charge is 2.33. The summed E-state index contributed by atoms with van der Waals surface area (Å²) in [6, 6.07) is 7.44. The molecule has 31 heavy (non-hydrogen) atoms. The molecule has 6 nitrogen and oxygen atoms in total. The summed E-state index contributed by atoms with van der Waals surface area (Å²) >= 11 is 7.83. The molecule has 2 amide bonds. The summed E-state index contributed by atoms with van der Waals surface area (Å²) in [7, 11) is 1.63. The number of hydrogen-bond acceptors (Lipinski definition) is 5. The number of ether oxygens (including phenoxy) is 2. The van der Waals surface area contributed by atoms with Crippen LogP contribution in [-0.4, -0.2) is 61.6 Å². The van der Waals surface area contributed by atoms with Crippen LogP contribution in [0.15, 0.2) is 29.6 Å². The molecule has 1 aromatic heterocycles. The molecule has 8 heteroatoms. The smallest absolute Gasteiger partial charge is 0.242 e. The fraction of sp³-hybridized carbons (Fsp3) is 0.478. The first kappa shape index (κ1) is 23.6. The molecule has 0 saturated carbocycles. The topological polar surface area (TPSA) is 59.1 Å². The van der Waals surface area contributed by atoms with Gasteiger partial charge in [-0.1, -0.05) is 11.6 Å². The molecule has 0 bridgehead atoms. The van der Waals surface area contributed by atoms with Crippen molar-refractivity contribution in [3.8, 4) is 5.75 Å². The van der Waals surface area contributed by atoms with E-state index in [1.54, 1.807) is 23.3 Å².